The maximum atomic E-state index is 5.21. The van der Waals surface area contributed by atoms with Crippen molar-refractivity contribution < 1.29 is 4.74 Å². The lowest BCUT2D eigenvalue weighted by Crippen LogP contribution is -1.96. The van der Waals surface area contributed by atoms with Crippen LogP contribution in [0.2, 0.25) is 0 Å². The summed E-state index contributed by atoms with van der Waals surface area (Å²) in [5.41, 5.74) is 0. The number of ether oxygens (including phenoxy) is 1. The molecule has 0 amide bonds. The fourth-order valence-corrected chi connectivity index (χ4v) is 1.22. The van der Waals surface area contributed by atoms with Crippen molar-refractivity contribution in [3.05, 3.63) is 0 Å². The summed E-state index contributed by atoms with van der Waals surface area (Å²) in [5.74, 6) is 0.889. The second-order valence-corrected chi connectivity index (χ2v) is 2.52. The Labute approximate surface area is 78.5 Å². The zero-order valence-electron chi connectivity index (χ0n) is 9.52. The Kier molecular flexibility index (Phi) is 16.3. The number of hydrogen-bond acceptors (Lipinski definition) is 1. The van der Waals surface area contributed by atoms with E-state index in [1.807, 2.05) is 27.7 Å². The first kappa shape index (κ1) is 14.5. The molecule has 0 aliphatic carbocycles. The Hall–Kier alpha value is -0.0400. The van der Waals surface area contributed by atoms with Gasteiger partial charge in [-0.15, -0.1) is 0 Å². The molecule has 0 aromatic rings. The Morgan fingerprint density at radius 2 is 1.75 bits per heavy atom. The third-order valence-electron chi connectivity index (χ3n) is 1.72. The molecule has 0 aromatic carbocycles. The van der Waals surface area contributed by atoms with Crippen molar-refractivity contribution in [3.8, 4) is 0 Å². The van der Waals surface area contributed by atoms with Gasteiger partial charge in [0.15, 0.2) is 0 Å². The predicted octanol–water partition coefficient (Wildman–Crippen LogP) is 3.88. The van der Waals surface area contributed by atoms with Crippen LogP contribution in [0.25, 0.3) is 0 Å². The monoisotopic (exact) mass is 174 g/mol. The third-order valence-corrected chi connectivity index (χ3v) is 1.72. The van der Waals surface area contributed by atoms with E-state index in [-0.39, 0.29) is 0 Å². The molecule has 1 rings (SSSR count). The molecule has 1 heterocycles. The highest BCUT2D eigenvalue weighted by atomic mass is 16.5. The van der Waals surface area contributed by atoms with Crippen LogP contribution in [-0.4, -0.2) is 13.2 Å². The minimum atomic E-state index is 0.889. The Bertz CT molecular complexity index is 56.0. The second kappa shape index (κ2) is 13.5. The van der Waals surface area contributed by atoms with Crippen molar-refractivity contribution >= 4 is 0 Å². The molecule has 1 unspecified atom stereocenters. The van der Waals surface area contributed by atoms with Gasteiger partial charge in [-0.25, -0.2) is 0 Å². The zero-order valence-corrected chi connectivity index (χ0v) is 9.52. The van der Waals surface area contributed by atoms with Crippen LogP contribution in [0.5, 0.6) is 0 Å². The van der Waals surface area contributed by atoms with Crippen LogP contribution in [0.15, 0.2) is 0 Å². The molecule has 1 nitrogen and oxygen atoms in total. The summed E-state index contributed by atoms with van der Waals surface area (Å²) in [5, 5.41) is 0. The summed E-state index contributed by atoms with van der Waals surface area (Å²) in [6.07, 6.45) is 3.97. The molecule has 76 valence electrons. The van der Waals surface area contributed by atoms with Gasteiger partial charge in [0.1, 0.15) is 0 Å². The van der Waals surface area contributed by atoms with E-state index in [0.29, 0.717) is 0 Å². The maximum Gasteiger partial charge on any atom is 0.0495 e. The molecule has 1 aliphatic heterocycles. The maximum absolute atomic E-state index is 5.21. The zero-order chi connectivity index (χ0) is 9.82. The highest BCUT2D eigenvalue weighted by molar-refractivity contribution is 4.62. The van der Waals surface area contributed by atoms with Gasteiger partial charge in [-0.2, -0.15) is 0 Å². The third kappa shape index (κ3) is 8.06. The van der Waals surface area contributed by atoms with Gasteiger partial charge in [0.2, 0.25) is 0 Å². The minimum Gasteiger partial charge on any atom is -0.381 e. The highest BCUT2D eigenvalue weighted by Gasteiger charge is 2.13. The molecule has 0 radical (unpaired) electrons. The van der Waals surface area contributed by atoms with E-state index in [4.69, 9.17) is 4.74 Å². The molecule has 0 bridgehead atoms. The molecule has 0 spiro atoms. The summed E-state index contributed by atoms with van der Waals surface area (Å²) in [7, 11) is 0. The van der Waals surface area contributed by atoms with Crippen LogP contribution in [-0.2, 0) is 4.74 Å². The average molecular weight is 174 g/mol. The van der Waals surface area contributed by atoms with Crippen molar-refractivity contribution in [2.75, 3.05) is 13.2 Å². The van der Waals surface area contributed by atoms with Crippen LogP contribution in [0.1, 0.15) is 53.9 Å². The van der Waals surface area contributed by atoms with Gasteiger partial charge in [0.05, 0.1) is 0 Å². The molecule has 1 saturated heterocycles. The lowest BCUT2D eigenvalue weighted by Gasteiger charge is -2.01. The van der Waals surface area contributed by atoms with E-state index in [2.05, 4.69) is 6.92 Å². The highest BCUT2D eigenvalue weighted by Crippen LogP contribution is 2.16. The summed E-state index contributed by atoms with van der Waals surface area (Å²) in [4.78, 5) is 0. The molecule has 0 saturated carbocycles. The fraction of sp³-hybridized carbons (Fsp3) is 1.00. The molecule has 1 aliphatic rings. The molecule has 12 heavy (non-hydrogen) atoms. The van der Waals surface area contributed by atoms with Gasteiger partial charge in [-0.3, -0.25) is 0 Å². The minimum absolute atomic E-state index is 0.889. The SMILES string of the molecule is CC.CC.CCCC1CCOC1. The van der Waals surface area contributed by atoms with Gasteiger partial charge in [-0.1, -0.05) is 41.0 Å². The van der Waals surface area contributed by atoms with Crippen LogP contribution < -0.4 is 0 Å². The van der Waals surface area contributed by atoms with Crippen molar-refractivity contribution in [3.63, 3.8) is 0 Å². The molecule has 1 fully saturated rings. The molecular weight excluding hydrogens is 148 g/mol. The lowest BCUT2D eigenvalue weighted by atomic mass is 10.0. The fourth-order valence-electron chi connectivity index (χ4n) is 1.22. The predicted molar refractivity (Wildman–Crippen MR) is 56.5 cm³/mol. The van der Waals surface area contributed by atoms with E-state index in [1.54, 1.807) is 0 Å². The molecule has 0 N–H and O–H groups in total. The quantitative estimate of drug-likeness (QED) is 0.617. The van der Waals surface area contributed by atoms with E-state index in [1.165, 1.54) is 19.3 Å². The first-order valence-corrected chi connectivity index (χ1v) is 5.51. The first-order chi connectivity index (χ1) is 5.93. The van der Waals surface area contributed by atoms with Gasteiger partial charge >= 0.3 is 0 Å². The smallest absolute Gasteiger partial charge is 0.0495 e. The molecule has 1 heteroatoms. The second-order valence-electron chi connectivity index (χ2n) is 2.52. The van der Waals surface area contributed by atoms with Gasteiger partial charge < -0.3 is 4.74 Å². The Morgan fingerprint density at radius 1 is 1.17 bits per heavy atom. The van der Waals surface area contributed by atoms with Crippen LogP contribution >= 0.6 is 0 Å². The first-order valence-electron chi connectivity index (χ1n) is 5.51. The van der Waals surface area contributed by atoms with Crippen molar-refractivity contribution in [2.45, 2.75) is 53.9 Å². The largest absolute Gasteiger partial charge is 0.381 e. The number of hydrogen-bond donors (Lipinski definition) is 0. The summed E-state index contributed by atoms with van der Waals surface area (Å²) in [6, 6.07) is 0. The van der Waals surface area contributed by atoms with Crippen LogP contribution in [0.3, 0.4) is 0 Å². The van der Waals surface area contributed by atoms with E-state index in [0.717, 1.165) is 19.1 Å². The summed E-state index contributed by atoms with van der Waals surface area (Å²) < 4.78 is 5.21. The normalized spacial score (nSPS) is 20.2. The Morgan fingerprint density at radius 3 is 2.08 bits per heavy atom. The van der Waals surface area contributed by atoms with Crippen LogP contribution in [0.4, 0.5) is 0 Å². The summed E-state index contributed by atoms with van der Waals surface area (Å²) >= 11 is 0. The Balaban J connectivity index is 0. The molecular formula is C11H26O. The number of rotatable bonds is 2. The van der Waals surface area contributed by atoms with Crippen LogP contribution in [0, 0.1) is 5.92 Å². The average Bonchev–Trinajstić information content (AvgIpc) is 2.65. The standard InChI is InChI=1S/C7H14O.2C2H6/c1-2-3-7-4-5-8-6-7;2*1-2/h7H,2-6H2,1H3;2*1-2H3. The van der Waals surface area contributed by atoms with Crippen molar-refractivity contribution in [2.24, 2.45) is 5.92 Å². The lowest BCUT2D eigenvalue weighted by molar-refractivity contribution is 0.184. The van der Waals surface area contributed by atoms with E-state index in [9.17, 15) is 0 Å². The summed E-state index contributed by atoms with van der Waals surface area (Å²) in [6.45, 7) is 12.3. The van der Waals surface area contributed by atoms with E-state index < -0.39 is 0 Å². The van der Waals surface area contributed by atoms with E-state index >= 15 is 0 Å². The topological polar surface area (TPSA) is 9.23 Å². The van der Waals surface area contributed by atoms with Crippen molar-refractivity contribution in [1.29, 1.82) is 0 Å². The van der Waals surface area contributed by atoms with Gasteiger partial charge in [0.25, 0.3) is 0 Å². The van der Waals surface area contributed by atoms with Crippen molar-refractivity contribution in [1.82, 2.24) is 0 Å². The van der Waals surface area contributed by atoms with Gasteiger partial charge in [-0.05, 0) is 18.8 Å². The molecule has 0 aromatic heterocycles. The molecule has 1 atom stereocenters. The van der Waals surface area contributed by atoms with Gasteiger partial charge in [0, 0.05) is 13.2 Å².